The lowest BCUT2D eigenvalue weighted by atomic mass is 9.92. The molecule has 0 bridgehead atoms. The second kappa shape index (κ2) is 8.03. The standard InChI is InChI=1S/C16H22ClN3O2/c1-20(14-4-2-5-14)16(22)18-11-3-6-15(21)19-13-9-7-12(17)8-10-13/h7-10,14H,2-6,11H2,1H3,(H,18,22)(H,19,21). The molecule has 2 N–H and O–H groups in total. The van der Waals surface area contributed by atoms with Crippen LogP contribution in [-0.2, 0) is 4.79 Å². The van der Waals surface area contributed by atoms with Gasteiger partial charge in [0.05, 0.1) is 0 Å². The summed E-state index contributed by atoms with van der Waals surface area (Å²) >= 11 is 5.79. The lowest BCUT2D eigenvalue weighted by Crippen LogP contribution is -2.46. The molecule has 1 fully saturated rings. The maximum Gasteiger partial charge on any atom is 0.317 e. The number of carbonyl (C=O) groups is 2. The number of nitrogens with zero attached hydrogens (tertiary/aromatic N) is 1. The minimum Gasteiger partial charge on any atom is -0.338 e. The monoisotopic (exact) mass is 323 g/mol. The van der Waals surface area contributed by atoms with Gasteiger partial charge in [-0.3, -0.25) is 4.79 Å². The van der Waals surface area contributed by atoms with Gasteiger partial charge in [-0.05, 0) is 49.9 Å². The van der Waals surface area contributed by atoms with Gasteiger partial charge in [-0.15, -0.1) is 0 Å². The van der Waals surface area contributed by atoms with Crippen LogP contribution in [0.4, 0.5) is 10.5 Å². The third-order valence-electron chi connectivity index (χ3n) is 3.93. The summed E-state index contributed by atoms with van der Waals surface area (Å²) in [6, 6.07) is 7.31. The number of hydrogen-bond acceptors (Lipinski definition) is 2. The number of nitrogens with one attached hydrogen (secondary N) is 2. The predicted molar refractivity (Wildman–Crippen MR) is 88.1 cm³/mol. The first-order chi connectivity index (χ1) is 10.6. The Labute approximate surface area is 136 Å². The lowest BCUT2D eigenvalue weighted by molar-refractivity contribution is -0.116. The van der Waals surface area contributed by atoms with Crippen molar-refractivity contribution < 1.29 is 9.59 Å². The van der Waals surface area contributed by atoms with E-state index >= 15 is 0 Å². The van der Waals surface area contributed by atoms with Crippen LogP contribution in [0.1, 0.15) is 32.1 Å². The third kappa shape index (κ3) is 4.91. The summed E-state index contributed by atoms with van der Waals surface area (Å²) in [5.41, 5.74) is 0.725. The van der Waals surface area contributed by atoms with Crippen molar-refractivity contribution in [1.82, 2.24) is 10.2 Å². The Morgan fingerprint density at radius 2 is 1.95 bits per heavy atom. The van der Waals surface area contributed by atoms with E-state index in [1.54, 1.807) is 29.2 Å². The quantitative estimate of drug-likeness (QED) is 0.789. The molecule has 1 aromatic carbocycles. The van der Waals surface area contributed by atoms with Gasteiger partial charge in [0.1, 0.15) is 0 Å². The third-order valence-corrected chi connectivity index (χ3v) is 4.18. The molecule has 2 rings (SSSR count). The molecule has 1 aliphatic rings. The van der Waals surface area contributed by atoms with E-state index in [2.05, 4.69) is 10.6 Å². The molecule has 0 aliphatic heterocycles. The van der Waals surface area contributed by atoms with Crippen LogP contribution in [0.2, 0.25) is 5.02 Å². The number of benzene rings is 1. The van der Waals surface area contributed by atoms with Crippen LogP contribution in [-0.4, -0.2) is 36.5 Å². The molecular weight excluding hydrogens is 302 g/mol. The van der Waals surface area contributed by atoms with E-state index in [9.17, 15) is 9.59 Å². The van der Waals surface area contributed by atoms with Gasteiger partial charge >= 0.3 is 6.03 Å². The van der Waals surface area contributed by atoms with Crippen molar-refractivity contribution in [2.45, 2.75) is 38.1 Å². The lowest BCUT2D eigenvalue weighted by Gasteiger charge is -2.34. The van der Waals surface area contributed by atoms with Crippen LogP contribution in [0.25, 0.3) is 0 Å². The Hall–Kier alpha value is -1.75. The maximum absolute atomic E-state index is 11.8. The first kappa shape index (κ1) is 16.6. The highest BCUT2D eigenvalue weighted by molar-refractivity contribution is 6.30. The van der Waals surface area contributed by atoms with Gasteiger partial charge in [-0.2, -0.15) is 0 Å². The molecule has 0 unspecified atom stereocenters. The van der Waals surface area contributed by atoms with Gasteiger partial charge in [0.2, 0.25) is 5.91 Å². The normalized spacial score (nSPS) is 14.1. The average Bonchev–Trinajstić information content (AvgIpc) is 2.44. The van der Waals surface area contributed by atoms with Gasteiger partial charge in [0.15, 0.2) is 0 Å². The summed E-state index contributed by atoms with van der Waals surface area (Å²) in [6.45, 7) is 0.504. The molecule has 0 radical (unpaired) electrons. The van der Waals surface area contributed by atoms with Crippen molar-refractivity contribution in [2.75, 3.05) is 18.9 Å². The van der Waals surface area contributed by atoms with Crippen molar-refractivity contribution >= 4 is 29.2 Å². The largest absolute Gasteiger partial charge is 0.338 e. The Bertz CT molecular complexity index is 515. The zero-order valence-electron chi connectivity index (χ0n) is 12.8. The molecule has 22 heavy (non-hydrogen) atoms. The molecule has 5 nitrogen and oxygen atoms in total. The molecule has 3 amide bonds. The zero-order chi connectivity index (χ0) is 15.9. The molecule has 0 aromatic heterocycles. The first-order valence-electron chi connectivity index (χ1n) is 7.62. The Kier molecular flexibility index (Phi) is 6.07. The van der Waals surface area contributed by atoms with E-state index in [0.29, 0.717) is 30.5 Å². The average molecular weight is 324 g/mol. The van der Waals surface area contributed by atoms with Gasteiger partial charge in [-0.1, -0.05) is 11.6 Å². The van der Waals surface area contributed by atoms with E-state index in [4.69, 9.17) is 11.6 Å². The van der Waals surface area contributed by atoms with E-state index in [-0.39, 0.29) is 11.9 Å². The molecule has 1 aliphatic carbocycles. The SMILES string of the molecule is CN(C(=O)NCCCC(=O)Nc1ccc(Cl)cc1)C1CCC1. The van der Waals surface area contributed by atoms with Gasteiger partial charge in [-0.25, -0.2) is 4.79 Å². The molecule has 0 spiro atoms. The van der Waals surface area contributed by atoms with Crippen LogP contribution < -0.4 is 10.6 Å². The van der Waals surface area contributed by atoms with Crippen LogP contribution in [0.5, 0.6) is 0 Å². The van der Waals surface area contributed by atoms with Crippen molar-refractivity contribution in [1.29, 1.82) is 0 Å². The summed E-state index contributed by atoms with van der Waals surface area (Å²) in [7, 11) is 1.83. The highest BCUT2D eigenvalue weighted by Crippen LogP contribution is 2.23. The second-order valence-corrected chi connectivity index (χ2v) is 6.02. The molecule has 0 heterocycles. The summed E-state index contributed by atoms with van der Waals surface area (Å²) in [5, 5.41) is 6.28. The second-order valence-electron chi connectivity index (χ2n) is 5.59. The summed E-state index contributed by atoms with van der Waals surface area (Å²) in [5.74, 6) is -0.0658. The van der Waals surface area contributed by atoms with Gasteiger partial charge < -0.3 is 15.5 Å². The number of halogens is 1. The van der Waals surface area contributed by atoms with Crippen molar-refractivity contribution in [3.05, 3.63) is 29.3 Å². The van der Waals surface area contributed by atoms with E-state index in [1.165, 1.54) is 6.42 Å². The number of anilines is 1. The Morgan fingerprint density at radius 1 is 1.27 bits per heavy atom. The number of urea groups is 1. The molecule has 120 valence electrons. The molecule has 0 atom stereocenters. The zero-order valence-corrected chi connectivity index (χ0v) is 13.5. The fraction of sp³-hybridized carbons (Fsp3) is 0.500. The fourth-order valence-corrected chi connectivity index (χ4v) is 2.39. The first-order valence-corrected chi connectivity index (χ1v) is 8.00. The van der Waals surface area contributed by atoms with Crippen molar-refractivity contribution in [3.63, 3.8) is 0 Å². The Morgan fingerprint density at radius 3 is 2.55 bits per heavy atom. The molecule has 1 saturated carbocycles. The number of amides is 3. The van der Waals surface area contributed by atoms with Crippen LogP contribution in [0, 0.1) is 0 Å². The predicted octanol–water partition coefficient (Wildman–Crippen LogP) is 3.25. The molecule has 6 heteroatoms. The fourth-order valence-electron chi connectivity index (χ4n) is 2.27. The number of rotatable bonds is 6. The van der Waals surface area contributed by atoms with Crippen molar-refractivity contribution in [3.8, 4) is 0 Å². The summed E-state index contributed by atoms with van der Waals surface area (Å²) in [4.78, 5) is 25.4. The van der Waals surface area contributed by atoms with Crippen LogP contribution in [0.3, 0.4) is 0 Å². The number of carbonyl (C=O) groups excluding carboxylic acids is 2. The minimum absolute atomic E-state index is 0.0530. The minimum atomic E-state index is -0.0658. The van der Waals surface area contributed by atoms with Gasteiger partial charge in [0.25, 0.3) is 0 Å². The topological polar surface area (TPSA) is 61.4 Å². The van der Waals surface area contributed by atoms with Crippen LogP contribution >= 0.6 is 11.6 Å². The highest BCUT2D eigenvalue weighted by atomic mass is 35.5. The smallest absolute Gasteiger partial charge is 0.317 e. The summed E-state index contributed by atoms with van der Waals surface area (Å²) < 4.78 is 0. The van der Waals surface area contributed by atoms with E-state index < -0.39 is 0 Å². The Balaban J connectivity index is 1.60. The van der Waals surface area contributed by atoms with E-state index in [0.717, 1.165) is 18.5 Å². The van der Waals surface area contributed by atoms with E-state index in [1.807, 2.05) is 7.05 Å². The highest BCUT2D eigenvalue weighted by Gasteiger charge is 2.25. The molecular formula is C16H22ClN3O2. The number of hydrogen-bond donors (Lipinski definition) is 2. The molecule has 1 aromatic rings. The maximum atomic E-state index is 11.8. The summed E-state index contributed by atoms with van der Waals surface area (Å²) in [6.07, 6.45) is 4.37. The molecule has 0 saturated heterocycles. The van der Waals surface area contributed by atoms with Crippen molar-refractivity contribution in [2.24, 2.45) is 0 Å². The van der Waals surface area contributed by atoms with Crippen LogP contribution in [0.15, 0.2) is 24.3 Å². The van der Waals surface area contributed by atoms with Gasteiger partial charge in [0, 0.05) is 36.8 Å².